The van der Waals surface area contributed by atoms with Gasteiger partial charge in [-0.1, -0.05) is 20.8 Å². The molecule has 9 heteroatoms. The van der Waals surface area contributed by atoms with E-state index in [1.165, 1.54) is 17.1 Å². The molecule has 0 aromatic carbocycles. The van der Waals surface area contributed by atoms with Crippen LogP contribution >= 0.6 is 0 Å². The van der Waals surface area contributed by atoms with E-state index in [0.717, 1.165) is 0 Å². The average molecular weight is 450 g/mol. The molecule has 0 saturated carbocycles. The van der Waals surface area contributed by atoms with Gasteiger partial charge in [-0.2, -0.15) is 0 Å². The number of H-pyrrole nitrogens is 1. The summed E-state index contributed by atoms with van der Waals surface area (Å²) in [5, 5.41) is 0.0985. The Morgan fingerprint density at radius 1 is 1.12 bits per heavy atom. The fourth-order valence-corrected chi connectivity index (χ4v) is 3.74. The van der Waals surface area contributed by atoms with Crippen molar-refractivity contribution < 1.29 is 13.6 Å². The molecule has 4 rings (SSSR count). The fraction of sp³-hybridized carbons (Fsp3) is 0.333. The number of amides is 1. The Morgan fingerprint density at radius 3 is 2.27 bits per heavy atom. The summed E-state index contributed by atoms with van der Waals surface area (Å²) in [6.45, 7) is 6.55. The van der Waals surface area contributed by atoms with Gasteiger partial charge in [0.05, 0.1) is 36.6 Å². The second-order valence-electron chi connectivity index (χ2n) is 8.18. The molecule has 4 aromatic heterocycles. The van der Waals surface area contributed by atoms with Crippen LogP contribution in [0.25, 0.3) is 11.0 Å². The van der Waals surface area contributed by atoms with E-state index < -0.39 is 11.2 Å². The molecule has 0 radical (unpaired) electrons. The van der Waals surface area contributed by atoms with Crippen LogP contribution in [0, 0.1) is 0 Å². The van der Waals surface area contributed by atoms with Crippen LogP contribution in [-0.4, -0.2) is 25.3 Å². The summed E-state index contributed by atoms with van der Waals surface area (Å²) in [6.07, 6.45) is 3.75. The van der Waals surface area contributed by atoms with Gasteiger partial charge in [0.15, 0.2) is 5.65 Å². The van der Waals surface area contributed by atoms with Crippen LogP contribution in [0.5, 0.6) is 0 Å². The number of aryl methyl sites for hydroxylation is 1. The lowest BCUT2D eigenvalue weighted by Crippen LogP contribution is -2.35. The Hall–Kier alpha value is -3.88. The van der Waals surface area contributed by atoms with E-state index in [1.807, 2.05) is 20.8 Å². The Bertz CT molecular complexity index is 1330. The van der Waals surface area contributed by atoms with Crippen LogP contribution in [0.15, 0.2) is 61.3 Å². The van der Waals surface area contributed by atoms with Crippen molar-refractivity contribution >= 4 is 16.9 Å². The summed E-state index contributed by atoms with van der Waals surface area (Å²) < 4.78 is 12.3. The van der Waals surface area contributed by atoms with Gasteiger partial charge in [0.25, 0.3) is 11.5 Å². The number of carbonyl (C=O) groups excluding carboxylic acids is 1. The second kappa shape index (κ2) is 9.32. The smallest absolute Gasteiger partial charge is 0.329 e. The molecule has 1 amide bonds. The minimum atomic E-state index is -0.635. The van der Waals surface area contributed by atoms with Crippen LogP contribution in [0.1, 0.15) is 60.7 Å². The van der Waals surface area contributed by atoms with Crippen molar-refractivity contribution in [2.75, 3.05) is 0 Å². The molecule has 9 nitrogen and oxygen atoms in total. The minimum absolute atomic E-state index is 0.0194. The van der Waals surface area contributed by atoms with E-state index >= 15 is 0 Å². The Kier molecular flexibility index (Phi) is 6.30. The van der Waals surface area contributed by atoms with Crippen LogP contribution in [0.2, 0.25) is 0 Å². The minimum Gasteiger partial charge on any atom is -0.467 e. The highest BCUT2D eigenvalue weighted by Gasteiger charge is 2.25. The number of rotatable bonds is 8. The van der Waals surface area contributed by atoms with Crippen LogP contribution in [0.4, 0.5) is 0 Å². The van der Waals surface area contributed by atoms with Crippen molar-refractivity contribution in [1.29, 1.82) is 0 Å². The van der Waals surface area contributed by atoms with Crippen molar-refractivity contribution in [2.45, 2.75) is 52.7 Å². The Balaban J connectivity index is 1.91. The number of aromatic nitrogens is 3. The number of hydrogen-bond donors (Lipinski definition) is 1. The van der Waals surface area contributed by atoms with Crippen LogP contribution < -0.4 is 11.2 Å². The number of fused-ring (bicyclic) bond motifs is 1. The third kappa shape index (κ3) is 4.52. The zero-order valence-electron chi connectivity index (χ0n) is 18.8. The molecule has 0 aliphatic rings. The zero-order valence-corrected chi connectivity index (χ0v) is 18.8. The van der Waals surface area contributed by atoms with E-state index in [2.05, 4.69) is 9.97 Å². The maximum absolute atomic E-state index is 13.9. The zero-order chi connectivity index (χ0) is 23.5. The van der Waals surface area contributed by atoms with Crippen molar-refractivity contribution in [3.8, 4) is 0 Å². The highest BCUT2D eigenvalue weighted by atomic mass is 16.3. The lowest BCUT2D eigenvalue weighted by atomic mass is 10.0. The lowest BCUT2D eigenvalue weighted by Gasteiger charge is -2.22. The largest absolute Gasteiger partial charge is 0.467 e. The molecule has 0 spiro atoms. The Labute approximate surface area is 189 Å². The summed E-state index contributed by atoms with van der Waals surface area (Å²) in [4.78, 5) is 47.8. The maximum Gasteiger partial charge on any atom is 0.329 e. The first-order chi connectivity index (χ1) is 15.9. The van der Waals surface area contributed by atoms with E-state index in [9.17, 15) is 14.4 Å². The molecule has 0 fully saturated rings. The monoisotopic (exact) mass is 450 g/mol. The lowest BCUT2D eigenvalue weighted by molar-refractivity contribution is 0.0706. The predicted molar refractivity (Wildman–Crippen MR) is 122 cm³/mol. The number of pyridine rings is 1. The molecule has 1 N–H and O–H groups in total. The van der Waals surface area contributed by atoms with Gasteiger partial charge in [0.2, 0.25) is 0 Å². The van der Waals surface area contributed by atoms with E-state index in [1.54, 1.807) is 35.2 Å². The average Bonchev–Trinajstić information content (AvgIpc) is 3.49. The van der Waals surface area contributed by atoms with Gasteiger partial charge in [-0.25, -0.2) is 9.78 Å². The van der Waals surface area contributed by atoms with E-state index in [0.29, 0.717) is 30.2 Å². The van der Waals surface area contributed by atoms with Gasteiger partial charge < -0.3 is 13.7 Å². The molecular weight excluding hydrogens is 424 g/mol. The molecule has 4 heterocycles. The van der Waals surface area contributed by atoms with Gasteiger partial charge in [-0.15, -0.1) is 0 Å². The van der Waals surface area contributed by atoms with Crippen molar-refractivity contribution in [1.82, 2.24) is 19.4 Å². The van der Waals surface area contributed by atoms with E-state index in [4.69, 9.17) is 8.83 Å². The van der Waals surface area contributed by atoms with Crippen molar-refractivity contribution in [3.63, 3.8) is 0 Å². The number of carbonyl (C=O) groups is 1. The van der Waals surface area contributed by atoms with Gasteiger partial charge in [0, 0.05) is 12.2 Å². The first-order valence-electron chi connectivity index (χ1n) is 10.9. The second-order valence-corrected chi connectivity index (χ2v) is 8.18. The quantitative estimate of drug-likeness (QED) is 0.438. The molecule has 0 atom stereocenters. The third-order valence-electron chi connectivity index (χ3n) is 5.38. The number of nitrogens with one attached hydrogen (secondary N) is 1. The summed E-state index contributed by atoms with van der Waals surface area (Å²) in [5.41, 5.74) is -0.144. The highest BCUT2D eigenvalue weighted by Crippen LogP contribution is 2.23. The van der Waals surface area contributed by atoms with E-state index in [-0.39, 0.29) is 41.5 Å². The fourth-order valence-electron chi connectivity index (χ4n) is 3.74. The van der Waals surface area contributed by atoms with Crippen molar-refractivity contribution in [2.24, 2.45) is 0 Å². The van der Waals surface area contributed by atoms with Crippen LogP contribution in [0.3, 0.4) is 0 Å². The van der Waals surface area contributed by atoms with Crippen LogP contribution in [-0.2, 0) is 19.6 Å². The molecule has 4 aromatic rings. The molecule has 0 aliphatic heterocycles. The number of aromatic amines is 1. The molecule has 0 aliphatic carbocycles. The molecule has 0 unspecified atom stereocenters. The SMILES string of the molecule is CCCn1c(=O)[nH]c(=O)c2c(C(=O)N(Cc3ccco3)Cc3ccco3)cc(C(C)C)nc21. The number of nitrogens with zero attached hydrogens (tertiary/aromatic N) is 3. The normalized spacial score (nSPS) is 11.4. The molecule has 33 heavy (non-hydrogen) atoms. The standard InChI is InChI=1S/C24H26N4O5/c1-4-9-28-21-20(22(29)26-24(28)31)18(12-19(25-21)15(2)3)23(30)27(13-16-7-5-10-32-16)14-17-8-6-11-33-17/h5-8,10-12,15H,4,9,13-14H2,1-3H3,(H,26,29,31). The first kappa shape index (κ1) is 22.3. The molecule has 0 saturated heterocycles. The van der Waals surface area contributed by atoms with Crippen molar-refractivity contribution in [3.05, 3.63) is 86.5 Å². The first-order valence-corrected chi connectivity index (χ1v) is 10.9. The summed E-state index contributed by atoms with van der Waals surface area (Å²) >= 11 is 0. The molecule has 0 bridgehead atoms. The summed E-state index contributed by atoms with van der Waals surface area (Å²) in [6, 6.07) is 8.69. The molecular formula is C24H26N4O5. The molecule has 172 valence electrons. The maximum atomic E-state index is 13.9. The number of furan rings is 2. The number of hydrogen-bond acceptors (Lipinski definition) is 6. The Morgan fingerprint density at radius 2 is 1.76 bits per heavy atom. The highest BCUT2D eigenvalue weighted by molar-refractivity contribution is 6.05. The summed E-state index contributed by atoms with van der Waals surface area (Å²) in [5.74, 6) is 0.779. The predicted octanol–water partition coefficient (Wildman–Crippen LogP) is 3.65. The van der Waals surface area contributed by atoms with Gasteiger partial charge in [-0.3, -0.25) is 19.1 Å². The van der Waals surface area contributed by atoms with Gasteiger partial charge >= 0.3 is 5.69 Å². The topological polar surface area (TPSA) is 114 Å². The summed E-state index contributed by atoms with van der Waals surface area (Å²) in [7, 11) is 0. The van der Waals surface area contributed by atoms with Gasteiger partial charge in [-0.05, 0) is 42.7 Å². The van der Waals surface area contributed by atoms with Gasteiger partial charge in [0.1, 0.15) is 11.5 Å². The third-order valence-corrected chi connectivity index (χ3v) is 5.38.